The first-order valence-electron chi connectivity index (χ1n) is 5.51. The van der Waals surface area contributed by atoms with Crippen LogP contribution in [0.15, 0.2) is 29.3 Å². The minimum atomic E-state index is -0.0804. The van der Waals surface area contributed by atoms with Gasteiger partial charge in [-0.25, -0.2) is 4.99 Å². The topological polar surface area (TPSA) is 29.4 Å². The van der Waals surface area contributed by atoms with Crippen LogP contribution in [0.4, 0.5) is 0 Å². The number of fused-ring (bicyclic) bond motifs is 2. The fourth-order valence-corrected chi connectivity index (χ4v) is 2.83. The second-order valence-electron chi connectivity index (χ2n) is 4.47. The fourth-order valence-electron chi connectivity index (χ4n) is 2.83. The molecular weight excluding hydrogens is 186 g/mol. The summed E-state index contributed by atoms with van der Waals surface area (Å²) in [6.07, 6.45) is 6.66. The van der Waals surface area contributed by atoms with Gasteiger partial charge < -0.3 is 0 Å². The van der Waals surface area contributed by atoms with E-state index < -0.39 is 0 Å². The molecule has 3 rings (SSSR count). The Bertz CT molecular complexity index is 442. The number of hydrogen-bond donors (Lipinski definition) is 0. The molecule has 2 aliphatic rings. The fraction of sp³-hybridized carbons (Fsp3) is 0.385. The summed E-state index contributed by atoms with van der Waals surface area (Å²) in [7, 11) is 0. The van der Waals surface area contributed by atoms with Crippen LogP contribution < -0.4 is 0 Å². The first kappa shape index (κ1) is 8.84. The average Bonchev–Trinajstić information content (AvgIpc) is 2.74. The van der Waals surface area contributed by atoms with E-state index in [0.29, 0.717) is 0 Å². The first-order chi connectivity index (χ1) is 7.32. The van der Waals surface area contributed by atoms with E-state index in [1.165, 1.54) is 18.4 Å². The van der Waals surface area contributed by atoms with Crippen molar-refractivity contribution in [3.05, 3.63) is 35.4 Å². The summed E-state index contributed by atoms with van der Waals surface area (Å²) in [5.74, 6) is -0.0804. The van der Waals surface area contributed by atoms with Crippen molar-refractivity contribution >= 4 is 12.1 Å². The third kappa shape index (κ3) is 1.17. The van der Waals surface area contributed by atoms with Gasteiger partial charge in [0.1, 0.15) is 0 Å². The lowest BCUT2D eigenvalue weighted by Crippen LogP contribution is -2.30. The number of carbonyl (C=O) groups excluding carboxylic acids is 1. The molecule has 1 spiro atoms. The van der Waals surface area contributed by atoms with Crippen LogP contribution in [0.25, 0.3) is 0 Å². The Labute approximate surface area is 89.0 Å². The van der Waals surface area contributed by atoms with Crippen molar-refractivity contribution in [2.75, 3.05) is 0 Å². The van der Waals surface area contributed by atoms with Crippen molar-refractivity contribution in [1.29, 1.82) is 0 Å². The molecule has 76 valence electrons. The van der Waals surface area contributed by atoms with Gasteiger partial charge in [-0.2, -0.15) is 0 Å². The highest BCUT2D eigenvalue weighted by molar-refractivity contribution is 6.06. The van der Waals surface area contributed by atoms with Crippen molar-refractivity contribution in [2.45, 2.75) is 31.1 Å². The van der Waals surface area contributed by atoms with Crippen LogP contribution in [-0.4, -0.2) is 12.1 Å². The zero-order valence-corrected chi connectivity index (χ0v) is 8.57. The van der Waals surface area contributed by atoms with Crippen LogP contribution in [-0.2, 0) is 5.41 Å². The molecule has 0 atom stereocenters. The van der Waals surface area contributed by atoms with E-state index in [1.807, 2.05) is 24.4 Å². The van der Waals surface area contributed by atoms with Gasteiger partial charge in [0.2, 0.25) is 0 Å². The Morgan fingerprint density at radius 3 is 2.67 bits per heavy atom. The SMILES string of the molecule is O=C1N=CC2(CCCC2)c2ccccc21. The molecule has 1 amide bonds. The van der Waals surface area contributed by atoms with Crippen molar-refractivity contribution in [3.8, 4) is 0 Å². The predicted octanol–water partition coefficient (Wildman–Crippen LogP) is 2.72. The summed E-state index contributed by atoms with van der Waals surface area (Å²) in [6, 6.07) is 7.92. The maximum Gasteiger partial charge on any atom is 0.276 e. The van der Waals surface area contributed by atoms with E-state index in [0.717, 1.165) is 18.4 Å². The summed E-state index contributed by atoms with van der Waals surface area (Å²) >= 11 is 0. The Morgan fingerprint density at radius 1 is 1.13 bits per heavy atom. The van der Waals surface area contributed by atoms with Gasteiger partial charge in [0.05, 0.1) is 0 Å². The van der Waals surface area contributed by atoms with Gasteiger partial charge in [-0.05, 0) is 24.5 Å². The summed E-state index contributed by atoms with van der Waals surface area (Å²) in [5.41, 5.74) is 2.08. The molecule has 1 saturated carbocycles. The van der Waals surface area contributed by atoms with Gasteiger partial charge in [-0.15, -0.1) is 0 Å². The predicted molar refractivity (Wildman–Crippen MR) is 59.4 cm³/mol. The molecule has 0 radical (unpaired) electrons. The number of carbonyl (C=O) groups is 1. The molecule has 0 N–H and O–H groups in total. The molecule has 1 aromatic carbocycles. The highest BCUT2D eigenvalue weighted by Crippen LogP contribution is 2.42. The normalized spacial score (nSPS) is 22.0. The standard InChI is InChI=1S/C13H13NO/c15-12-10-5-1-2-6-11(10)13(9-14-12)7-3-4-8-13/h1-2,5-6,9H,3-4,7-8H2. The maximum absolute atomic E-state index is 11.6. The molecule has 1 aliphatic heterocycles. The Balaban J connectivity index is 2.21. The number of amides is 1. The molecule has 15 heavy (non-hydrogen) atoms. The summed E-state index contributed by atoms with van der Waals surface area (Å²) in [4.78, 5) is 15.7. The van der Waals surface area contributed by atoms with Crippen molar-refractivity contribution < 1.29 is 4.79 Å². The molecule has 1 heterocycles. The molecule has 0 aromatic heterocycles. The number of hydrogen-bond acceptors (Lipinski definition) is 1. The zero-order valence-electron chi connectivity index (χ0n) is 8.57. The third-order valence-electron chi connectivity index (χ3n) is 3.62. The van der Waals surface area contributed by atoms with Crippen LogP contribution in [0.1, 0.15) is 41.6 Å². The largest absolute Gasteiger partial charge is 0.276 e. The summed E-state index contributed by atoms with van der Waals surface area (Å²) < 4.78 is 0. The van der Waals surface area contributed by atoms with Gasteiger partial charge in [0, 0.05) is 17.2 Å². The maximum atomic E-state index is 11.6. The molecule has 0 unspecified atom stereocenters. The van der Waals surface area contributed by atoms with E-state index in [1.54, 1.807) is 0 Å². The van der Waals surface area contributed by atoms with Crippen molar-refractivity contribution in [1.82, 2.24) is 0 Å². The lowest BCUT2D eigenvalue weighted by Gasteiger charge is -2.29. The van der Waals surface area contributed by atoms with Crippen LogP contribution >= 0.6 is 0 Å². The minimum Gasteiger partial charge on any atom is -0.267 e. The van der Waals surface area contributed by atoms with Crippen LogP contribution in [0.2, 0.25) is 0 Å². The number of benzene rings is 1. The van der Waals surface area contributed by atoms with Crippen molar-refractivity contribution in [2.24, 2.45) is 4.99 Å². The van der Waals surface area contributed by atoms with Gasteiger partial charge in [-0.3, -0.25) is 4.79 Å². The van der Waals surface area contributed by atoms with E-state index in [2.05, 4.69) is 11.1 Å². The minimum absolute atomic E-state index is 0.0739. The molecule has 2 heteroatoms. The van der Waals surface area contributed by atoms with E-state index in [9.17, 15) is 4.79 Å². The van der Waals surface area contributed by atoms with E-state index >= 15 is 0 Å². The van der Waals surface area contributed by atoms with E-state index in [4.69, 9.17) is 0 Å². The van der Waals surface area contributed by atoms with Gasteiger partial charge in [0.25, 0.3) is 5.91 Å². The molecule has 1 aliphatic carbocycles. The lowest BCUT2D eigenvalue weighted by molar-refractivity contribution is 0.0997. The number of aliphatic imine (C=N–C) groups is 1. The lowest BCUT2D eigenvalue weighted by atomic mass is 9.76. The smallest absolute Gasteiger partial charge is 0.267 e. The third-order valence-corrected chi connectivity index (χ3v) is 3.62. The molecule has 1 fully saturated rings. The second kappa shape index (κ2) is 3.02. The van der Waals surface area contributed by atoms with Crippen LogP contribution in [0, 0.1) is 0 Å². The Hall–Kier alpha value is -1.44. The quantitative estimate of drug-likeness (QED) is 0.631. The second-order valence-corrected chi connectivity index (χ2v) is 4.47. The summed E-state index contributed by atoms with van der Waals surface area (Å²) in [6.45, 7) is 0. The highest BCUT2D eigenvalue weighted by Gasteiger charge is 2.39. The first-order valence-corrected chi connectivity index (χ1v) is 5.51. The van der Waals surface area contributed by atoms with Crippen molar-refractivity contribution in [3.63, 3.8) is 0 Å². The van der Waals surface area contributed by atoms with E-state index in [-0.39, 0.29) is 11.3 Å². The van der Waals surface area contributed by atoms with Gasteiger partial charge in [-0.1, -0.05) is 31.0 Å². The molecule has 0 bridgehead atoms. The molecule has 0 saturated heterocycles. The highest BCUT2D eigenvalue weighted by atomic mass is 16.1. The Morgan fingerprint density at radius 2 is 1.87 bits per heavy atom. The van der Waals surface area contributed by atoms with Crippen LogP contribution in [0.5, 0.6) is 0 Å². The monoisotopic (exact) mass is 199 g/mol. The number of nitrogens with zero attached hydrogens (tertiary/aromatic N) is 1. The molecule has 1 aromatic rings. The van der Waals surface area contributed by atoms with Crippen LogP contribution in [0.3, 0.4) is 0 Å². The zero-order chi connectivity index (χ0) is 10.3. The Kier molecular flexibility index (Phi) is 1.78. The average molecular weight is 199 g/mol. The number of rotatable bonds is 0. The van der Waals surface area contributed by atoms with Gasteiger partial charge >= 0.3 is 0 Å². The summed E-state index contributed by atoms with van der Waals surface area (Å²) in [5, 5.41) is 0. The molecule has 2 nitrogen and oxygen atoms in total. The molecular formula is C13H13NO. The van der Waals surface area contributed by atoms with Gasteiger partial charge in [0.15, 0.2) is 0 Å².